The summed E-state index contributed by atoms with van der Waals surface area (Å²) in [6.07, 6.45) is 4.61. The van der Waals surface area contributed by atoms with E-state index in [1.54, 1.807) is 30.6 Å². The highest BCUT2D eigenvalue weighted by atomic mass is 35.5. The van der Waals surface area contributed by atoms with Crippen LogP contribution in [0.2, 0.25) is 5.02 Å². The lowest BCUT2D eigenvalue weighted by Gasteiger charge is -2.30. The van der Waals surface area contributed by atoms with Crippen LogP contribution in [0.4, 0.5) is 17.4 Å². The maximum absolute atomic E-state index is 12.8. The summed E-state index contributed by atoms with van der Waals surface area (Å²) in [6.45, 7) is 3.65. The van der Waals surface area contributed by atoms with Crippen LogP contribution in [0.5, 0.6) is 0 Å². The van der Waals surface area contributed by atoms with Crippen LogP contribution >= 0.6 is 11.6 Å². The Morgan fingerprint density at radius 3 is 2.84 bits per heavy atom. The van der Waals surface area contributed by atoms with Crippen molar-refractivity contribution in [3.05, 3.63) is 64.8 Å². The summed E-state index contributed by atoms with van der Waals surface area (Å²) in [4.78, 5) is 37.3. The monoisotopic (exact) mass is 438 g/mol. The number of nitrogens with zero attached hydrogens (tertiary/aromatic N) is 4. The van der Waals surface area contributed by atoms with Crippen molar-refractivity contribution >= 4 is 40.8 Å². The fourth-order valence-corrected chi connectivity index (χ4v) is 4.03. The molecule has 2 amide bonds. The van der Waals surface area contributed by atoms with E-state index in [4.69, 9.17) is 16.0 Å². The Labute approximate surface area is 183 Å². The lowest BCUT2D eigenvalue weighted by molar-refractivity contribution is 0.0974. The van der Waals surface area contributed by atoms with E-state index in [0.717, 1.165) is 37.4 Å². The van der Waals surface area contributed by atoms with E-state index in [2.05, 4.69) is 25.5 Å². The second-order valence-electron chi connectivity index (χ2n) is 7.25. The molecule has 0 saturated carbocycles. The third-order valence-electron chi connectivity index (χ3n) is 5.36. The topological polar surface area (TPSA) is 104 Å². The fraction of sp³-hybridized carbons (Fsp3) is 0.238. The van der Waals surface area contributed by atoms with Gasteiger partial charge in [-0.05, 0) is 18.2 Å². The molecule has 10 heteroatoms. The quantitative estimate of drug-likeness (QED) is 0.645. The molecule has 0 bridgehead atoms. The third kappa shape index (κ3) is 3.62. The first kappa shape index (κ1) is 19.5. The smallest absolute Gasteiger partial charge is 0.305 e. The van der Waals surface area contributed by atoms with Crippen LogP contribution in [-0.4, -0.2) is 48.0 Å². The number of carbonyl (C=O) groups is 2. The van der Waals surface area contributed by atoms with Crippen LogP contribution in [0.15, 0.2) is 47.3 Å². The molecular formula is C21H19ClN6O3. The SMILES string of the molecule is O=C(Nc1cnccc1N1CCNCC1)c1cnc(N2Cc3c(Cl)cccc3C2=O)o1. The molecule has 2 aliphatic heterocycles. The number of rotatable bonds is 4. The summed E-state index contributed by atoms with van der Waals surface area (Å²) in [6, 6.07) is 7.09. The first-order chi connectivity index (χ1) is 15.1. The van der Waals surface area contributed by atoms with E-state index < -0.39 is 5.91 Å². The van der Waals surface area contributed by atoms with E-state index in [9.17, 15) is 9.59 Å². The molecule has 2 aromatic heterocycles. The average Bonchev–Trinajstić information content (AvgIpc) is 3.41. The summed E-state index contributed by atoms with van der Waals surface area (Å²) >= 11 is 6.20. The summed E-state index contributed by atoms with van der Waals surface area (Å²) in [5.74, 6) is -0.732. The first-order valence-corrected chi connectivity index (χ1v) is 10.3. The second kappa shape index (κ2) is 8.01. The van der Waals surface area contributed by atoms with Gasteiger partial charge in [0.25, 0.3) is 11.8 Å². The number of amides is 2. The van der Waals surface area contributed by atoms with Crippen molar-refractivity contribution in [2.45, 2.75) is 6.54 Å². The first-order valence-electron chi connectivity index (χ1n) is 9.88. The Hall–Kier alpha value is -3.43. The van der Waals surface area contributed by atoms with Crippen molar-refractivity contribution < 1.29 is 14.0 Å². The summed E-state index contributed by atoms with van der Waals surface area (Å²) in [5, 5.41) is 6.66. The summed E-state index contributed by atoms with van der Waals surface area (Å²) < 4.78 is 5.62. The number of carbonyl (C=O) groups excluding carboxylic acids is 2. The minimum Gasteiger partial charge on any atom is -0.418 e. The Balaban J connectivity index is 1.34. The van der Waals surface area contributed by atoms with Crippen LogP contribution < -0.4 is 20.4 Å². The fourth-order valence-electron chi connectivity index (χ4n) is 3.79. The van der Waals surface area contributed by atoms with Gasteiger partial charge in [-0.25, -0.2) is 4.98 Å². The zero-order valence-electron chi connectivity index (χ0n) is 16.5. The molecule has 0 spiro atoms. The molecule has 1 fully saturated rings. The molecular weight excluding hydrogens is 420 g/mol. The number of benzene rings is 1. The van der Waals surface area contributed by atoms with Crippen molar-refractivity contribution in [1.29, 1.82) is 0 Å². The number of halogens is 1. The predicted molar refractivity (Wildman–Crippen MR) is 116 cm³/mol. The Kier molecular flexibility index (Phi) is 5.05. The van der Waals surface area contributed by atoms with Gasteiger partial charge >= 0.3 is 6.01 Å². The van der Waals surface area contributed by atoms with Crippen molar-refractivity contribution in [3.63, 3.8) is 0 Å². The average molecular weight is 439 g/mol. The van der Waals surface area contributed by atoms with E-state index >= 15 is 0 Å². The van der Waals surface area contributed by atoms with Gasteiger partial charge in [-0.1, -0.05) is 17.7 Å². The highest BCUT2D eigenvalue weighted by Gasteiger charge is 2.33. The molecule has 31 heavy (non-hydrogen) atoms. The maximum Gasteiger partial charge on any atom is 0.305 e. The number of anilines is 3. The van der Waals surface area contributed by atoms with Gasteiger partial charge in [-0.3, -0.25) is 19.5 Å². The molecule has 0 aliphatic carbocycles. The van der Waals surface area contributed by atoms with E-state index in [1.807, 2.05) is 6.07 Å². The summed E-state index contributed by atoms with van der Waals surface area (Å²) in [7, 11) is 0. The van der Waals surface area contributed by atoms with Gasteiger partial charge in [-0.15, -0.1) is 0 Å². The minimum atomic E-state index is -0.467. The Morgan fingerprint density at radius 1 is 1.19 bits per heavy atom. The Morgan fingerprint density at radius 2 is 2.03 bits per heavy atom. The Bertz CT molecular complexity index is 1160. The van der Waals surface area contributed by atoms with Crippen molar-refractivity contribution in [1.82, 2.24) is 15.3 Å². The molecule has 3 aromatic rings. The largest absolute Gasteiger partial charge is 0.418 e. The van der Waals surface area contributed by atoms with Gasteiger partial charge < -0.3 is 20.0 Å². The van der Waals surface area contributed by atoms with Crippen LogP contribution in [-0.2, 0) is 6.54 Å². The zero-order valence-corrected chi connectivity index (χ0v) is 17.2. The van der Waals surface area contributed by atoms with Crippen molar-refractivity contribution in [3.8, 4) is 0 Å². The molecule has 4 heterocycles. The maximum atomic E-state index is 12.8. The van der Waals surface area contributed by atoms with Gasteiger partial charge in [0.05, 0.1) is 30.3 Å². The van der Waals surface area contributed by atoms with Crippen LogP contribution in [0, 0.1) is 0 Å². The number of aromatic nitrogens is 2. The standard InChI is InChI=1S/C21H19ClN6O3/c22-15-3-1-2-13-14(15)12-28(20(13)30)21-25-11-18(31-21)19(29)26-16-10-24-5-4-17(16)27-8-6-23-7-9-27/h1-5,10-11,23H,6-9,12H2,(H,26,29). The molecule has 158 valence electrons. The number of hydrogen-bond donors (Lipinski definition) is 2. The molecule has 1 saturated heterocycles. The van der Waals surface area contributed by atoms with Crippen LogP contribution in [0.1, 0.15) is 26.5 Å². The number of hydrogen-bond acceptors (Lipinski definition) is 7. The molecule has 0 atom stereocenters. The van der Waals surface area contributed by atoms with Crippen LogP contribution in [0.25, 0.3) is 0 Å². The highest BCUT2D eigenvalue weighted by molar-refractivity contribution is 6.32. The normalized spacial score (nSPS) is 15.8. The molecule has 5 rings (SSSR count). The number of pyridine rings is 1. The zero-order chi connectivity index (χ0) is 21.4. The van der Waals surface area contributed by atoms with Crippen LogP contribution in [0.3, 0.4) is 0 Å². The van der Waals surface area contributed by atoms with Gasteiger partial charge in [0, 0.05) is 48.5 Å². The predicted octanol–water partition coefficient (Wildman–Crippen LogP) is 2.55. The van der Waals surface area contributed by atoms with Gasteiger partial charge in [0.2, 0.25) is 5.76 Å². The van der Waals surface area contributed by atoms with Gasteiger partial charge in [0.1, 0.15) is 0 Å². The van der Waals surface area contributed by atoms with Gasteiger partial charge in [-0.2, -0.15) is 0 Å². The molecule has 1 aromatic carbocycles. The number of nitrogens with one attached hydrogen (secondary N) is 2. The molecule has 9 nitrogen and oxygen atoms in total. The molecule has 2 aliphatic rings. The lowest BCUT2D eigenvalue weighted by atomic mass is 10.1. The lowest BCUT2D eigenvalue weighted by Crippen LogP contribution is -2.43. The van der Waals surface area contributed by atoms with Crippen molar-refractivity contribution in [2.75, 3.05) is 41.3 Å². The van der Waals surface area contributed by atoms with E-state index in [1.165, 1.54) is 11.1 Å². The molecule has 0 radical (unpaired) electrons. The number of fused-ring (bicyclic) bond motifs is 1. The summed E-state index contributed by atoms with van der Waals surface area (Å²) in [5.41, 5.74) is 2.70. The molecule has 2 N–H and O–H groups in total. The number of piperazine rings is 1. The van der Waals surface area contributed by atoms with E-state index in [0.29, 0.717) is 16.3 Å². The van der Waals surface area contributed by atoms with E-state index in [-0.39, 0.29) is 24.2 Å². The highest BCUT2D eigenvalue weighted by Crippen LogP contribution is 2.32. The third-order valence-corrected chi connectivity index (χ3v) is 5.72. The van der Waals surface area contributed by atoms with Crippen molar-refractivity contribution in [2.24, 2.45) is 0 Å². The molecule has 0 unspecified atom stereocenters. The number of oxazole rings is 1. The minimum absolute atomic E-state index is 0.0000306. The second-order valence-corrected chi connectivity index (χ2v) is 7.66. The van der Waals surface area contributed by atoms with Gasteiger partial charge in [0.15, 0.2) is 0 Å².